The molecule has 3 aromatic rings. The fraction of sp³-hybridized carbons (Fsp3) is 0.476. The van der Waals surface area contributed by atoms with Crippen LogP contribution in [0.1, 0.15) is 17.8 Å². The molecular weight excluding hydrogens is 470 g/mol. The molecule has 1 aromatic carbocycles. The van der Waals surface area contributed by atoms with Gasteiger partial charge in [-0.1, -0.05) is 12.1 Å². The molecule has 13 heteroatoms. The van der Waals surface area contributed by atoms with Crippen molar-refractivity contribution in [2.24, 2.45) is 0 Å². The van der Waals surface area contributed by atoms with E-state index in [0.717, 1.165) is 5.56 Å². The highest BCUT2D eigenvalue weighted by Crippen LogP contribution is 2.30. The summed E-state index contributed by atoms with van der Waals surface area (Å²) in [6.07, 6.45) is -2.82. The summed E-state index contributed by atoms with van der Waals surface area (Å²) in [5.41, 5.74) is 1.75. The summed E-state index contributed by atoms with van der Waals surface area (Å²) < 4.78 is 34.8. The summed E-state index contributed by atoms with van der Waals surface area (Å²) in [6.45, 7) is 4.94. The Hall–Kier alpha value is -3.12. The quantitative estimate of drug-likeness (QED) is 0.520. The van der Waals surface area contributed by atoms with Crippen LogP contribution in [0.5, 0.6) is 0 Å². The van der Waals surface area contributed by atoms with E-state index < -0.39 is 12.2 Å². The number of nitrogens with zero attached hydrogens (tertiary/aromatic N) is 7. The first-order chi connectivity index (χ1) is 16.4. The number of hydrogen-bond acceptors (Lipinski definition) is 8. The van der Waals surface area contributed by atoms with Crippen LogP contribution in [-0.4, -0.2) is 81.7 Å². The standard InChI is InChI=1S/C21H23ClF2N8O2/c1-12-3-2-4-14-16(12)26-18(17(23)24)32(14)21-28-19(30-5-7-34-8-6-30)27-20(29-21)31-10-13(11-31)25-15(33)9-22/h2-4,13,17H,5-11H2,1H3,(H,25,33). The number of aromatic nitrogens is 5. The Morgan fingerprint density at radius 3 is 2.47 bits per heavy atom. The van der Waals surface area contributed by atoms with E-state index in [9.17, 15) is 13.6 Å². The second kappa shape index (κ2) is 9.26. The molecule has 0 atom stereocenters. The molecule has 10 nitrogen and oxygen atoms in total. The molecule has 2 aliphatic heterocycles. The van der Waals surface area contributed by atoms with Gasteiger partial charge in [-0.2, -0.15) is 15.0 Å². The molecular formula is C21H23ClF2N8O2. The third-order valence-corrected chi connectivity index (χ3v) is 6.10. The molecule has 180 valence electrons. The summed E-state index contributed by atoms with van der Waals surface area (Å²) in [4.78, 5) is 33.3. The van der Waals surface area contributed by atoms with Gasteiger partial charge in [-0.05, 0) is 18.6 Å². The Morgan fingerprint density at radius 1 is 1.12 bits per heavy atom. The van der Waals surface area contributed by atoms with Crippen molar-refractivity contribution in [1.82, 2.24) is 29.8 Å². The number of para-hydroxylation sites is 1. The predicted molar refractivity (Wildman–Crippen MR) is 122 cm³/mol. The third-order valence-electron chi connectivity index (χ3n) is 5.85. The van der Waals surface area contributed by atoms with Gasteiger partial charge in [0, 0.05) is 26.2 Å². The minimum absolute atomic E-state index is 0.0723. The molecule has 0 radical (unpaired) electrons. The van der Waals surface area contributed by atoms with Crippen molar-refractivity contribution in [1.29, 1.82) is 0 Å². The number of imidazole rings is 1. The van der Waals surface area contributed by atoms with Crippen LogP contribution in [0.2, 0.25) is 0 Å². The Bertz CT molecular complexity index is 1210. The fourth-order valence-electron chi connectivity index (χ4n) is 4.10. The van der Waals surface area contributed by atoms with Gasteiger partial charge in [-0.3, -0.25) is 9.36 Å². The highest BCUT2D eigenvalue weighted by atomic mass is 35.5. The molecule has 2 aromatic heterocycles. The topological polar surface area (TPSA) is 101 Å². The molecule has 2 saturated heterocycles. The van der Waals surface area contributed by atoms with Gasteiger partial charge in [0.2, 0.25) is 23.8 Å². The number of amides is 1. The highest BCUT2D eigenvalue weighted by molar-refractivity contribution is 6.27. The van der Waals surface area contributed by atoms with Crippen LogP contribution in [-0.2, 0) is 9.53 Å². The van der Waals surface area contributed by atoms with E-state index in [2.05, 4.69) is 25.3 Å². The van der Waals surface area contributed by atoms with E-state index in [-0.39, 0.29) is 23.8 Å². The number of aryl methyl sites for hydroxylation is 1. The number of morpholine rings is 1. The molecule has 4 heterocycles. The van der Waals surface area contributed by atoms with Gasteiger partial charge in [0.05, 0.1) is 30.3 Å². The van der Waals surface area contributed by atoms with Crippen molar-refractivity contribution >= 4 is 40.4 Å². The zero-order valence-corrected chi connectivity index (χ0v) is 19.2. The third kappa shape index (κ3) is 4.23. The van der Waals surface area contributed by atoms with Gasteiger partial charge >= 0.3 is 0 Å². The first kappa shape index (κ1) is 22.7. The van der Waals surface area contributed by atoms with Gasteiger partial charge in [0.25, 0.3) is 6.43 Å². The summed E-state index contributed by atoms with van der Waals surface area (Å²) >= 11 is 5.57. The molecule has 34 heavy (non-hydrogen) atoms. The van der Waals surface area contributed by atoms with Crippen LogP contribution >= 0.6 is 11.6 Å². The van der Waals surface area contributed by atoms with E-state index in [4.69, 9.17) is 16.3 Å². The van der Waals surface area contributed by atoms with Gasteiger partial charge in [0.1, 0.15) is 5.88 Å². The number of nitrogens with one attached hydrogen (secondary N) is 1. The number of fused-ring (bicyclic) bond motifs is 1. The first-order valence-corrected chi connectivity index (χ1v) is 11.4. The lowest BCUT2D eigenvalue weighted by Crippen LogP contribution is -2.60. The smallest absolute Gasteiger partial charge is 0.296 e. The second-order valence-corrected chi connectivity index (χ2v) is 8.45. The van der Waals surface area contributed by atoms with Crippen molar-refractivity contribution in [2.45, 2.75) is 19.4 Å². The molecule has 2 fully saturated rings. The van der Waals surface area contributed by atoms with Gasteiger partial charge < -0.3 is 19.9 Å². The van der Waals surface area contributed by atoms with Crippen LogP contribution in [0.25, 0.3) is 17.0 Å². The van der Waals surface area contributed by atoms with Crippen molar-refractivity contribution in [3.05, 3.63) is 29.6 Å². The Labute approximate surface area is 198 Å². The van der Waals surface area contributed by atoms with Crippen LogP contribution in [0, 0.1) is 6.92 Å². The summed E-state index contributed by atoms with van der Waals surface area (Å²) in [5, 5.41) is 2.82. The average molecular weight is 493 g/mol. The number of hydrogen-bond donors (Lipinski definition) is 1. The lowest BCUT2D eigenvalue weighted by Gasteiger charge is -2.39. The maximum Gasteiger partial charge on any atom is 0.296 e. The minimum atomic E-state index is -2.82. The van der Waals surface area contributed by atoms with Crippen LogP contribution < -0.4 is 15.1 Å². The first-order valence-electron chi connectivity index (χ1n) is 10.9. The van der Waals surface area contributed by atoms with Gasteiger partial charge in [-0.15, -0.1) is 11.6 Å². The number of alkyl halides is 3. The molecule has 0 aliphatic carbocycles. The van der Waals surface area contributed by atoms with Crippen molar-refractivity contribution < 1.29 is 18.3 Å². The molecule has 5 rings (SSSR count). The lowest BCUT2D eigenvalue weighted by molar-refractivity contribution is -0.119. The highest BCUT2D eigenvalue weighted by Gasteiger charge is 2.32. The molecule has 0 saturated carbocycles. The van der Waals surface area contributed by atoms with Gasteiger partial charge in [0.15, 0.2) is 5.82 Å². The summed E-state index contributed by atoms with van der Waals surface area (Å²) in [7, 11) is 0. The van der Waals surface area contributed by atoms with E-state index in [1.165, 1.54) is 4.57 Å². The predicted octanol–water partition coefficient (Wildman–Crippen LogP) is 1.84. The number of benzene rings is 1. The maximum absolute atomic E-state index is 14.0. The Balaban J connectivity index is 1.58. The number of rotatable bonds is 6. The Morgan fingerprint density at radius 2 is 1.79 bits per heavy atom. The normalized spacial score (nSPS) is 16.9. The van der Waals surface area contributed by atoms with Crippen LogP contribution in [0.3, 0.4) is 0 Å². The van der Waals surface area contributed by atoms with Gasteiger partial charge in [-0.25, -0.2) is 13.8 Å². The number of halogens is 3. The largest absolute Gasteiger partial charge is 0.378 e. The lowest BCUT2D eigenvalue weighted by atomic mass is 10.1. The van der Waals surface area contributed by atoms with Crippen molar-refractivity contribution in [3.63, 3.8) is 0 Å². The molecule has 1 N–H and O–H groups in total. The number of carbonyl (C=O) groups excluding carboxylic acids is 1. The molecule has 0 spiro atoms. The van der Waals surface area contributed by atoms with E-state index in [1.807, 2.05) is 22.8 Å². The van der Waals surface area contributed by atoms with E-state index >= 15 is 0 Å². The number of carbonyl (C=O) groups is 1. The second-order valence-electron chi connectivity index (χ2n) is 8.19. The number of anilines is 2. The molecule has 1 amide bonds. The van der Waals surface area contributed by atoms with E-state index in [0.29, 0.717) is 62.3 Å². The fourth-order valence-corrected chi connectivity index (χ4v) is 4.18. The summed E-state index contributed by atoms with van der Waals surface area (Å²) in [6, 6.07) is 5.24. The monoisotopic (exact) mass is 492 g/mol. The zero-order valence-electron chi connectivity index (χ0n) is 18.4. The van der Waals surface area contributed by atoms with Crippen molar-refractivity contribution in [3.8, 4) is 5.95 Å². The summed E-state index contributed by atoms with van der Waals surface area (Å²) in [5.74, 6) is 0.00705. The molecule has 0 unspecified atom stereocenters. The minimum Gasteiger partial charge on any atom is -0.378 e. The number of ether oxygens (including phenoxy) is 1. The van der Waals surface area contributed by atoms with Crippen LogP contribution in [0.15, 0.2) is 18.2 Å². The molecule has 0 bridgehead atoms. The SMILES string of the molecule is Cc1cccc2c1nc(C(F)F)n2-c1nc(N2CCOCC2)nc(N2CC(NC(=O)CCl)C2)n1. The Kier molecular flexibility index (Phi) is 6.17. The van der Waals surface area contributed by atoms with Crippen LogP contribution in [0.4, 0.5) is 20.7 Å². The van der Waals surface area contributed by atoms with Crippen molar-refractivity contribution in [2.75, 3.05) is 55.1 Å². The molecule has 2 aliphatic rings. The zero-order chi connectivity index (χ0) is 23.8. The van der Waals surface area contributed by atoms with E-state index in [1.54, 1.807) is 12.1 Å². The maximum atomic E-state index is 14.0. The average Bonchev–Trinajstić information content (AvgIpc) is 3.22.